The topological polar surface area (TPSA) is 62.7 Å². The minimum Gasteiger partial charge on any atom is -0.494 e. The van der Waals surface area contributed by atoms with Crippen molar-refractivity contribution >= 4 is 22.4 Å². The highest BCUT2D eigenvalue weighted by atomic mass is 32.1. The van der Waals surface area contributed by atoms with E-state index in [4.69, 9.17) is 9.84 Å². The van der Waals surface area contributed by atoms with E-state index in [1.807, 2.05) is 47.5 Å². The molecule has 0 saturated heterocycles. The Bertz CT molecular complexity index is 586. The summed E-state index contributed by atoms with van der Waals surface area (Å²) in [5.74, 6) is 0.0588. The van der Waals surface area contributed by atoms with Gasteiger partial charge in [0.15, 0.2) is 5.13 Å². The largest absolute Gasteiger partial charge is 0.494 e. The third kappa shape index (κ3) is 5.37. The number of thiazole rings is 1. The Morgan fingerprint density at radius 1 is 1.32 bits per heavy atom. The predicted octanol–water partition coefficient (Wildman–Crippen LogP) is 3.20. The number of carboxylic acids is 1. The Labute approximate surface area is 134 Å². The minimum atomic E-state index is -0.793. The normalized spacial score (nSPS) is 10.4. The first-order valence-corrected chi connectivity index (χ1v) is 8.10. The SMILES string of the molecule is Cc1csc(N(CCCOc2ccccc2)CCC(=O)O)n1. The van der Waals surface area contributed by atoms with Gasteiger partial charge in [-0.1, -0.05) is 18.2 Å². The molecule has 1 aromatic heterocycles. The number of aryl methyl sites for hydroxylation is 1. The predicted molar refractivity (Wildman–Crippen MR) is 87.9 cm³/mol. The zero-order valence-corrected chi connectivity index (χ0v) is 13.4. The number of hydrogen-bond donors (Lipinski definition) is 1. The number of aliphatic carboxylic acids is 1. The molecule has 0 fully saturated rings. The van der Waals surface area contributed by atoms with Gasteiger partial charge >= 0.3 is 5.97 Å². The highest BCUT2D eigenvalue weighted by Crippen LogP contribution is 2.20. The first-order valence-electron chi connectivity index (χ1n) is 7.22. The highest BCUT2D eigenvalue weighted by Gasteiger charge is 2.12. The van der Waals surface area contributed by atoms with Gasteiger partial charge in [-0.15, -0.1) is 11.3 Å². The van der Waals surface area contributed by atoms with Gasteiger partial charge in [-0.05, 0) is 25.5 Å². The molecule has 0 radical (unpaired) electrons. The van der Waals surface area contributed by atoms with E-state index < -0.39 is 5.97 Å². The van der Waals surface area contributed by atoms with Gasteiger partial charge in [-0.2, -0.15) is 0 Å². The molecule has 0 amide bonds. The maximum atomic E-state index is 10.8. The average molecular weight is 320 g/mol. The van der Waals surface area contributed by atoms with Crippen molar-refractivity contribution in [2.24, 2.45) is 0 Å². The van der Waals surface area contributed by atoms with Crippen LogP contribution >= 0.6 is 11.3 Å². The number of aromatic nitrogens is 1. The number of rotatable bonds is 9. The van der Waals surface area contributed by atoms with Crippen molar-refractivity contribution in [3.8, 4) is 5.75 Å². The zero-order chi connectivity index (χ0) is 15.8. The first kappa shape index (κ1) is 16.3. The van der Waals surface area contributed by atoms with Crippen LogP contribution in [0.5, 0.6) is 5.75 Å². The molecular weight excluding hydrogens is 300 g/mol. The van der Waals surface area contributed by atoms with Crippen LogP contribution in [0.15, 0.2) is 35.7 Å². The summed E-state index contributed by atoms with van der Waals surface area (Å²) in [7, 11) is 0. The average Bonchev–Trinajstić information content (AvgIpc) is 2.93. The van der Waals surface area contributed by atoms with Crippen molar-refractivity contribution in [3.05, 3.63) is 41.4 Å². The van der Waals surface area contributed by atoms with Gasteiger partial charge in [0, 0.05) is 18.5 Å². The van der Waals surface area contributed by atoms with Crippen LogP contribution in [0.25, 0.3) is 0 Å². The van der Waals surface area contributed by atoms with Crippen LogP contribution < -0.4 is 9.64 Å². The van der Waals surface area contributed by atoms with Gasteiger partial charge < -0.3 is 14.7 Å². The van der Waals surface area contributed by atoms with Crippen molar-refractivity contribution < 1.29 is 14.6 Å². The lowest BCUT2D eigenvalue weighted by Crippen LogP contribution is -2.28. The summed E-state index contributed by atoms with van der Waals surface area (Å²) in [4.78, 5) is 17.2. The second kappa shape index (κ2) is 8.38. The van der Waals surface area contributed by atoms with E-state index in [1.165, 1.54) is 0 Å². The van der Waals surface area contributed by atoms with Gasteiger partial charge in [-0.25, -0.2) is 4.98 Å². The summed E-state index contributed by atoms with van der Waals surface area (Å²) in [6, 6.07) is 9.67. The van der Waals surface area contributed by atoms with E-state index in [0.717, 1.165) is 29.5 Å². The molecule has 5 nitrogen and oxygen atoms in total. The summed E-state index contributed by atoms with van der Waals surface area (Å²) in [6.45, 7) is 3.73. The van der Waals surface area contributed by atoms with E-state index in [0.29, 0.717) is 13.2 Å². The van der Waals surface area contributed by atoms with Gasteiger partial charge in [0.1, 0.15) is 5.75 Å². The molecule has 0 aliphatic carbocycles. The fourth-order valence-electron chi connectivity index (χ4n) is 1.98. The lowest BCUT2D eigenvalue weighted by molar-refractivity contribution is -0.136. The van der Waals surface area contributed by atoms with Crippen LogP contribution in [0.4, 0.5) is 5.13 Å². The van der Waals surface area contributed by atoms with Crippen molar-refractivity contribution in [1.82, 2.24) is 4.98 Å². The molecule has 1 N–H and O–H groups in total. The molecule has 2 rings (SSSR count). The lowest BCUT2D eigenvalue weighted by atomic mass is 10.3. The monoisotopic (exact) mass is 320 g/mol. The van der Waals surface area contributed by atoms with Crippen molar-refractivity contribution in [2.45, 2.75) is 19.8 Å². The Morgan fingerprint density at radius 3 is 2.73 bits per heavy atom. The Hall–Kier alpha value is -2.08. The fourth-order valence-corrected chi connectivity index (χ4v) is 2.84. The highest BCUT2D eigenvalue weighted by molar-refractivity contribution is 7.13. The number of benzene rings is 1. The summed E-state index contributed by atoms with van der Waals surface area (Å²) in [5, 5.41) is 11.7. The Balaban J connectivity index is 1.82. The van der Waals surface area contributed by atoms with E-state index >= 15 is 0 Å². The standard InChI is InChI=1S/C16H20N2O3S/c1-13-12-22-16(17-13)18(10-8-15(19)20)9-5-11-21-14-6-3-2-4-7-14/h2-4,6-7,12H,5,8-11H2,1H3,(H,19,20). The van der Waals surface area contributed by atoms with Crippen molar-refractivity contribution in [3.63, 3.8) is 0 Å². The molecule has 0 unspecified atom stereocenters. The molecule has 22 heavy (non-hydrogen) atoms. The minimum absolute atomic E-state index is 0.109. The third-order valence-electron chi connectivity index (χ3n) is 3.06. The van der Waals surface area contributed by atoms with Crippen LogP contribution in [0.3, 0.4) is 0 Å². The molecular formula is C16H20N2O3S. The quantitative estimate of drug-likeness (QED) is 0.719. The second-order valence-corrected chi connectivity index (χ2v) is 5.75. The molecule has 1 aromatic carbocycles. The molecule has 0 aliphatic rings. The molecule has 118 valence electrons. The van der Waals surface area contributed by atoms with E-state index in [2.05, 4.69) is 4.98 Å². The zero-order valence-electron chi connectivity index (χ0n) is 12.6. The molecule has 0 aliphatic heterocycles. The summed E-state index contributed by atoms with van der Waals surface area (Å²) >= 11 is 1.54. The van der Waals surface area contributed by atoms with Crippen LogP contribution in [0.1, 0.15) is 18.5 Å². The molecule has 6 heteroatoms. The molecule has 0 saturated carbocycles. The molecule has 0 bridgehead atoms. The van der Waals surface area contributed by atoms with Crippen molar-refractivity contribution in [2.75, 3.05) is 24.6 Å². The van der Waals surface area contributed by atoms with E-state index in [1.54, 1.807) is 11.3 Å². The number of carbonyl (C=O) groups is 1. The maximum Gasteiger partial charge on any atom is 0.305 e. The number of hydrogen-bond acceptors (Lipinski definition) is 5. The summed E-state index contributed by atoms with van der Waals surface area (Å²) in [6.07, 6.45) is 0.922. The molecule has 0 spiro atoms. The number of anilines is 1. The van der Waals surface area contributed by atoms with Crippen LogP contribution in [0, 0.1) is 6.92 Å². The van der Waals surface area contributed by atoms with Gasteiger partial charge in [0.2, 0.25) is 0 Å². The van der Waals surface area contributed by atoms with E-state index in [-0.39, 0.29) is 6.42 Å². The van der Waals surface area contributed by atoms with Crippen molar-refractivity contribution in [1.29, 1.82) is 0 Å². The summed E-state index contributed by atoms with van der Waals surface area (Å²) in [5.41, 5.74) is 0.959. The first-order chi connectivity index (χ1) is 10.6. The van der Waals surface area contributed by atoms with Crippen LogP contribution in [-0.2, 0) is 4.79 Å². The van der Waals surface area contributed by atoms with Gasteiger partial charge in [-0.3, -0.25) is 4.79 Å². The number of para-hydroxylation sites is 1. The van der Waals surface area contributed by atoms with Crippen LogP contribution in [-0.4, -0.2) is 35.8 Å². The number of nitrogens with zero attached hydrogens (tertiary/aromatic N) is 2. The van der Waals surface area contributed by atoms with Gasteiger partial charge in [0.05, 0.1) is 18.7 Å². The molecule has 0 atom stereocenters. The fraction of sp³-hybridized carbons (Fsp3) is 0.375. The third-order valence-corrected chi connectivity index (χ3v) is 4.08. The number of carboxylic acid groups (broad SMARTS) is 1. The molecule has 1 heterocycles. The number of ether oxygens (including phenoxy) is 1. The maximum absolute atomic E-state index is 10.8. The van der Waals surface area contributed by atoms with Crippen LogP contribution in [0.2, 0.25) is 0 Å². The van der Waals surface area contributed by atoms with E-state index in [9.17, 15) is 4.79 Å². The smallest absolute Gasteiger partial charge is 0.305 e. The summed E-state index contributed by atoms with van der Waals surface area (Å²) < 4.78 is 5.66. The Morgan fingerprint density at radius 2 is 2.09 bits per heavy atom. The Kier molecular flexibility index (Phi) is 6.21. The molecule has 2 aromatic rings. The lowest BCUT2D eigenvalue weighted by Gasteiger charge is -2.21. The second-order valence-electron chi connectivity index (χ2n) is 4.92. The van der Waals surface area contributed by atoms with Gasteiger partial charge in [0.25, 0.3) is 0 Å².